The number of nitro groups is 1. The number of nitrogens with zero attached hydrogens (tertiary/aromatic N) is 3. The quantitative estimate of drug-likeness (QED) is 0.581. The van der Waals surface area contributed by atoms with E-state index >= 15 is 0 Å². The molecule has 0 radical (unpaired) electrons. The molecule has 5 heteroatoms. The minimum Gasteiger partial charge on any atom is -0.258 e. The van der Waals surface area contributed by atoms with Crippen LogP contribution in [0.15, 0.2) is 42.6 Å². The van der Waals surface area contributed by atoms with Crippen LogP contribution >= 0.6 is 0 Å². The Bertz CT molecular complexity index is 583. The van der Waals surface area contributed by atoms with Crippen LogP contribution in [0.2, 0.25) is 0 Å². The smallest absolute Gasteiger partial charge is 0.258 e. The molecule has 0 spiro atoms. The van der Waals surface area contributed by atoms with E-state index in [0.717, 1.165) is 5.56 Å². The molecule has 17 heavy (non-hydrogen) atoms. The Labute approximate surface area is 97.1 Å². The van der Waals surface area contributed by atoms with Gasteiger partial charge in [0.25, 0.3) is 5.69 Å². The number of hydrogen-bond donors (Lipinski definition) is 0. The second-order valence-electron chi connectivity index (χ2n) is 3.35. The zero-order chi connectivity index (χ0) is 12.3. The average Bonchev–Trinajstić information content (AvgIpc) is 2.39. The summed E-state index contributed by atoms with van der Waals surface area (Å²) in [6, 6.07) is 11.9. The molecular formula is C12H7N3O2. The van der Waals surface area contributed by atoms with Crippen molar-refractivity contribution in [2.24, 2.45) is 0 Å². The van der Waals surface area contributed by atoms with Crippen molar-refractivity contribution in [2.75, 3.05) is 0 Å². The Morgan fingerprint density at radius 3 is 2.35 bits per heavy atom. The Kier molecular flexibility index (Phi) is 2.79. The number of rotatable bonds is 2. The van der Waals surface area contributed by atoms with Gasteiger partial charge in [0, 0.05) is 11.6 Å². The van der Waals surface area contributed by atoms with E-state index in [9.17, 15) is 10.1 Å². The molecule has 5 nitrogen and oxygen atoms in total. The predicted molar refractivity (Wildman–Crippen MR) is 61.0 cm³/mol. The first-order valence-corrected chi connectivity index (χ1v) is 4.81. The van der Waals surface area contributed by atoms with Crippen LogP contribution in [0, 0.1) is 21.4 Å². The van der Waals surface area contributed by atoms with Crippen molar-refractivity contribution in [3.63, 3.8) is 0 Å². The summed E-state index contributed by atoms with van der Waals surface area (Å²) >= 11 is 0. The third-order valence-corrected chi connectivity index (χ3v) is 2.27. The summed E-state index contributed by atoms with van der Waals surface area (Å²) in [6.07, 6.45) is 1.22. The van der Waals surface area contributed by atoms with Gasteiger partial charge in [-0.3, -0.25) is 10.1 Å². The molecule has 82 valence electrons. The molecule has 0 aliphatic heterocycles. The highest BCUT2D eigenvalue weighted by Crippen LogP contribution is 2.19. The molecule has 1 aromatic heterocycles. The number of benzene rings is 1. The summed E-state index contributed by atoms with van der Waals surface area (Å²) in [6.45, 7) is 0. The lowest BCUT2D eigenvalue weighted by molar-refractivity contribution is -0.385. The van der Waals surface area contributed by atoms with Gasteiger partial charge in [0.05, 0.1) is 22.2 Å². The molecule has 0 saturated heterocycles. The Hall–Kier alpha value is -2.74. The Balaban J connectivity index is 2.33. The van der Waals surface area contributed by atoms with Crippen molar-refractivity contribution in [3.05, 3.63) is 58.3 Å². The molecule has 2 rings (SSSR count). The topological polar surface area (TPSA) is 79.8 Å². The van der Waals surface area contributed by atoms with Crippen LogP contribution in [0.4, 0.5) is 5.69 Å². The van der Waals surface area contributed by atoms with Gasteiger partial charge in [0.1, 0.15) is 6.20 Å². The van der Waals surface area contributed by atoms with E-state index < -0.39 is 4.92 Å². The third kappa shape index (κ3) is 2.26. The minimum absolute atomic E-state index is 0.0394. The molecule has 0 N–H and O–H groups in total. The Morgan fingerprint density at radius 1 is 1.18 bits per heavy atom. The molecule has 0 atom stereocenters. The molecule has 1 heterocycles. The molecule has 2 aromatic rings. The van der Waals surface area contributed by atoms with Crippen LogP contribution in [0.3, 0.4) is 0 Å². The van der Waals surface area contributed by atoms with Gasteiger partial charge in [0.2, 0.25) is 0 Å². The van der Waals surface area contributed by atoms with E-state index in [0.29, 0.717) is 11.3 Å². The van der Waals surface area contributed by atoms with Gasteiger partial charge in [-0.25, -0.2) is 4.98 Å². The largest absolute Gasteiger partial charge is 0.287 e. The van der Waals surface area contributed by atoms with Crippen molar-refractivity contribution in [2.45, 2.75) is 0 Å². The standard InChI is InChI=1S/C12H7N3O2/c13-7-9-1-3-10(4-2-9)12-6-5-11(8-14-12)15(16)17/h1-6,8H. The molecule has 0 aliphatic carbocycles. The normalized spacial score (nSPS) is 9.59. The minimum atomic E-state index is -0.491. The van der Waals surface area contributed by atoms with E-state index in [2.05, 4.69) is 4.98 Å². The van der Waals surface area contributed by atoms with Gasteiger partial charge >= 0.3 is 0 Å². The maximum atomic E-state index is 10.5. The van der Waals surface area contributed by atoms with Crippen molar-refractivity contribution in [1.29, 1.82) is 5.26 Å². The van der Waals surface area contributed by atoms with Gasteiger partial charge in [0.15, 0.2) is 0 Å². The van der Waals surface area contributed by atoms with Gasteiger partial charge in [-0.2, -0.15) is 5.26 Å². The average molecular weight is 225 g/mol. The van der Waals surface area contributed by atoms with Crippen LogP contribution in [0.5, 0.6) is 0 Å². The second-order valence-corrected chi connectivity index (χ2v) is 3.35. The number of aromatic nitrogens is 1. The lowest BCUT2D eigenvalue weighted by Gasteiger charge is -1.99. The van der Waals surface area contributed by atoms with E-state index in [4.69, 9.17) is 5.26 Å². The number of pyridine rings is 1. The molecule has 0 amide bonds. The molecule has 0 saturated carbocycles. The van der Waals surface area contributed by atoms with Gasteiger partial charge in [-0.15, -0.1) is 0 Å². The predicted octanol–water partition coefficient (Wildman–Crippen LogP) is 2.53. The van der Waals surface area contributed by atoms with Crippen LogP contribution in [0.1, 0.15) is 5.56 Å². The van der Waals surface area contributed by atoms with Crippen molar-refractivity contribution in [1.82, 2.24) is 4.98 Å². The first-order chi connectivity index (χ1) is 8.20. The molecular weight excluding hydrogens is 218 g/mol. The highest BCUT2D eigenvalue weighted by molar-refractivity contribution is 5.60. The summed E-state index contributed by atoms with van der Waals surface area (Å²) in [5.74, 6) is 0. The number of nitriles is 1. The zero-order valence-corrected chi connectivity index (χ0v) is 8.70. The summed E-state index contributed by atoms with van der Waals surface area (Å²) in [4.78, 5) is 14.0. The fraction of sp³-hybridized carbons (Fsp3) is 0. The SMILES string of the molecule is N#Cc1ccc(-c2ccc([N+](=O)[O-])cn2)cc1. The first-order valence-electron chi connectivity index (χ1n) is 4.81. The summed E-state index contributed by atoms with van der Waals surface area (Å²) in [5, 5.41) is 19.1. The molecule has 0 bridgehead atoms. The van der Waals surface area contributed by atoms with Gasteiger partial charge < -0.3 is 0 Å². The number of hydrogen-bond acceptors (Lipinski definition) is 4. The molecule has 1 aromatic carbocycles. The highest BCUT2D eigenvalue weighted by Gasteiger charge is 2.06. The van der Waals surface area contributed by atoms with Crippen molar-refractivity contribution < 1.29 is 4.92 Å². The van der Waals surface area contributed by atoms with Crippen molar-refractivity contribution in [3.8, 4) is 17.3 Å². The lowest BCUT2D eigenvalue weighted by atomic mass is 10.1. The van der Waals surface area contributed by atoms with Crippen molar-refractivity contribution >= 4 is 5.69 Å². The van der Waals surface area contributed by atoms with Gasteiger partial charge in [-0.1, -0.05) is 12.1 Å². The second kappa shape index (κ2) is 4.41. The van der Waals surface area contributed by atoms with Crippen LogP contribution in [-0.2, 0) is 0 Å². The Morgan fingerprint density at radius 2 is 1.88 bits per heavy atom. The molecule has 0 aliphatic rings. The highest BCUT2D eigenvalue weighted by atomic mass is 16.6. The molecule has 0 unspecified atom stereocenters. The third-order valence-electron chi connectivity index (χ3n) is 2.27. The maximum absolute atomic E-state index is 10.5. The van der Waals surface area contributed by atoms with Crippen LogP contribution in [-0.4, -0.2) is 9.91 Å². The van der Waals surface area contributed by atoms with E-state index in [1.165, 1.54) is 12.3 Å². The maximum Gasteiger partial charge on any atom is 0.287 e. The lowest BCUT2D eigenvalue weighted by Crippen LogP contribution is -1.90. The fourth-order valence-corrected chi connectivity index (χ4v) is 1.38. The van der Waals surface area contributed by atoms with Gasteiger partial charge in [-0.05, 0) is 18.2 Å². The van der Waals surface area contributed by atoms with E-state index in [1.807, 2.05) is 6.07 Å². The van der Waals surface area contributed by atoms with E-state index in [-0.39, 0.29) is 5.69 Å². The zero-order valence-electron chi connectivity index (χ0n) is 8.70. The van der Waals surface area contributed by atoms with E-state index in [1.54, 1.807) is 30.3 Å². The summed E-state index contributed by atoms with van der Waals surface area (Å²) < 4.78 is 0. The molecule has 0 fully saturated rings. The summed E-state index contributed by atoms with van der Waals surface area (Å²) in [5.41, 5.74) is 1.98. The monoisotopic (exact) mass is 225 g/mol. The fourth-order valence-electron chi connectivity index (χ4n) is 1.38. The first kappa shape index (κ1) is 10.8. The van der Waals surface area contributed by atoms with Crippen LogP contribution < -0.4 is 0 Å². The summed E-state index contributed by atoms with van der Waals surface area (Å²) in [7, 11) is 0. The van der Waals surface area contributed by atoms with Crippen LogP contribution in [0.25, 0.3) is 11.3 Å².